The van der Waals surface area contributed by atoms with E-state index in [9.17, 15) is 4.39 Å². The monoisotopic (exact) mass is 145 g/mol. The van der Waals surface area contributed by atoms with Crippen molar-refractivity contribution >= 4 is 0 Å². The summed E-state index contributed by atoms with van der Waals surface area (Å²) in [6.07, 6.45) is 2.90. The Hall–Kier alpha value is -0.110. The van der Waals surface area contributed by atoms with Gasteiger partial charge in [0.05, 0.1) is 0 Å². The Balaban J connectivity index is 2.15. The van der Waals surface area contributed by atoms with E-state index in [1.807, 2.05) is 11.9 Å². The van der Waals surface area contributed by atoms with Gasteiger partial charge in [-0.15, -0.1) is 0 Å². The lowest BCUT2D eigenvalue weighted by Gasteiger charge is -2.42. The standard InChI is InChI=1S/C8H16FN/c1-3-4-5-8(9)6-10(2)7-8/h3-7H2,1-2H3. The average molecular weight is 145 g/mol. The maximum atomic E-state index is 13.3. The van der Waals surface area contributed by atoms with Crippen LogP contribution in [0.25, 0.3) is 0 Å². The van der Waals surface area contributed by atoms with Crippen molar-refractivity contribution in [1.82, 2.24) is 4.90 Å². The van der Waals surface area contributed by atoms with Crippen LogP contribution >= 0.6 is 0 Å². The minimum atomic E-state index is -0.829. The van der Waals surface area contributed by atoms with E-state index in [0.717, 1.165) is 19.3 Å². The second-order valence-electron chi connectivity index (χ2n) is 3.43. The van der Waals surface area contributed by atoms with Crippen molar-refractivity contribution in [2.24, 2.45) is 0 Å². The fraction of sp³-hybridized carbons (Fsp3) is 1.00. The normalized spacial score (nSPS) is 24.3. The Morgan fingerprint density at radius 3 is 2.50 bits per heavy atom. The van der Waals surface area contributed by atoms with Gasteiger partial charge < -0.3 is 0 Å². The molecule has 1 nitrogen and oxygen atoms in total. The highest BCUT2D eigenvalue weighted by molar-refractivity contribution is 4.93. The quantitative estimate of drug-likeness (QED) is 0.585. The summed E-state index contributed by atoms with van der Waals surface area (Å²) >= 11 is 0. The molecule has 1 aliphatic rings. The fourth-order valence-corrected chi connectivity index (χ4v) is 1.57. The average Bonchev–Trinajstić information content (AvgIpc) is 1.81. The number of nitrogens with zero attached hydrogens (tertiary/aromatic N) is 1. The first-order chi connectivity index (χ1) is 4.66. The van der Waals surface area contributed by atoms with Crippen molar-refractivity contribution in [3.8, 4) is 0 Å². The van der Waals surface area contributed by atoms with Crippen LogP contribution in [0.4, 0.5) is 4.39 Å². The van der Waals surface area contributed by atoms with E-state index in [0.29, 0.717) is 13.1 Å². The van der Waals surface area contributed by atoms with Gasteiger partial charge in [0.15, 0.2) is 0 Å². The number of unbranched alkanes of at least 4 members (excludes halogenated alkanes) is 1. The molecule has 1 saturated heterocycles. The van der Waals surface area contributed by atoms with E-state index >= 15 is 0 Å². The summed E-state index contributed by atoms with van der Waals surface area (Å²) in [4.78, 5) is 2.02. The molecule has 0 saturated carbocycles. The zero-order valence-corrected chi connectivity index (χ0v) is 6.86. The van der Waals surface area contributed by atoms with Crippen LogP contribution in [-0.4, -0.2) is 30.7 Å². The Kier molecular flexibility index (Phi) is 2.29. The Morgan fingerprint density at radius 1 is 1.50 bits per heavy atom. The van der Waals surface area contributed by atoms with Gasteiger partial charge in [-0.3, -0.25) is 4.90 Å². The van der Waals surface area contributed by atoms with Crippen LogP contribution < -0.4 is 0 Å². The van der Waals surface area contributed by atoms with Crippen molar-refractivity contribution in [3.05, 3.63) is 0 Å². The predicted octanol–water partition coefficient (Wildman–Crippen LogP) is 1.83. The first-order valence-electron chi connectivity index (χ1n) is 4.04. The van der Waals surface area contributed by atoms with E-state index in [1.54, 1.807) is 0 Å². The van der Waals surface area contributed by atoms with Crippen molar-refractivity contribution in [2.75, 3.05) is 20.1 Å². The second kappa shape index (κ2) is 2.87. The molecular weight excluding hydrogens is 129 g/mol. The predicted molar refractivity (Wildman–Crippen MR) is 40.9 cm³/mol. The molecule has 0 atom stereocenters. The molecule has 1 rings (SSSR count). The van der Waals surface area contributed by atoms with Crippen molar-refractivity contribution < 1.29 is 4.39 Å². The number of hydrogen-bond donors (Lipinski definition) is 0. The summed E-state index contributed by atoms with van der Waals surface area (Å²) in [5, 5.41) is 0. The topological polar surface area (TPSA) is 3.24 Å². The number of alkyl halides is 1. The molecule has 0 aromatic rings. The zero-order chi connectivity index (χ0) is 7.61. The van der Waals surface area contributed by atoms with Crippen LogP contribution in [0.2, 0.25) is 0 Å². The molecule has 0 N–H and O–H groups in total. The van der Waals surface area contributed by atoms with E-state index in [4.69, 9.17) is 0 Å². The molecule has 0 unspecified atom stereocenters. The van der Waals surface area contributed by atoms with Crippen molar-refractivity contribution in [1.29, 1.82) is 0 Å². The molecule has 1 heterocycles. The highest BCUT2D eigenvalue weighted by atomic mass is 19.1. The van der Waals surface area contributed by atoms with E-state index < -0.39 is 5.67 Å². The molecule has 0 aliphatic carbocycles. The molecule has 0 aromatic heterocycles. The number of hydrogen-bond acceptors (Lipinski definition) is 1. The zero-order valence-electron chi connectivity index (χ0n) is 6.86. The Bertz CT molecular complexity index is 108. The summed E-state index contributed by atoms with van der Waals surface area (Å²) in [5.74, 6) is 0. The van der Waals surface area contributed by atoms with Gasteiger partial charge in [0, 0.05) is 13.1 Å². The van der Waals surface area contributed by atoms with E-state index in [1.165, 1.54) is 0 Å². The molecule has 0 amide bonds. The number of rotatable bonds is 3. The van der Waals surface area contributed by atoms with Crippen LogP contribution in [0, 0.1) is 0 Å². The summed E-state index contributed by atoms with van der Waals surface area (Å²) in [6.45, 7) is 3.39. The van der Waals surface area contributed by atoms with Crippen LogP contribution in [0.15, 0.2) is 0 Å². The van der Waals surface area contributed by atoms with Gasteiger partial charge in [0.2, 0.25) is 0 Å². The lowest BCUT2D eigenvalue weighted by Crippen LogP contribution is -2.56. The molecule has 0 spiro atoms. The van der Waals surface area contributed by atoms with Gasteiger partial charge >= 0.3 is 0 Å². The van der Waals surface area contributed by atoms with E-state index in [-0.39, 0.29) is 0 Å². The summed E-state index contributed by atoms with van der Waals surface area (Å²) < 4.78 is 13.3. The fourth-order valence-electron chi connectivity index (χ4n) is 1.57. The molecular formula is C8H16FN. The third-order valence-electron chi connectivity index (χ3n) is 2.08. The molecule has 0 aromatic carbocycles. The molecule has 0 bridgehead atoms. The van der Waals surface area contributed by atoms with Crippen LogP contribution in [-0.2, 0) is 0 Å². The summed E-state index contributed by atoms with van der Waals surface area (Å²) in [5.41, 5.74) is -0.829. The Morgan fingerprint density at radius 2 is 2.10 bits per heavy atom. The molecule has 0 radical (unpaired) electrons. The summed E-state index contributed by atoms with van der Waals surface area (Å²) in [6, 6.07) is 0. The van der Waals surface area contributed by atoms with E-state index in [2.05, 4.69) is 6.92 Å². The van der Waals surface area contributed by atoms with Gasteiger partial charge in [0.25, 0.3) is 0 Å². The largest absolute Gasteiger partial charge is 0.300 e. The first kappa shape index (κ1) is 7.99. The number of halogens is 1. The summed E-state index contributed by atoms with van der Waals surface area (Å²) in [7, 11) is 1.96. The molecule has 10 heavy (non-hydrogen) atoms. The third-order valence-corrected chi connectivity index (χ3v) is 2.08. The maximum Gasteiger partial charge on any atom is 0.136 e. The van der Waals surface area contributed by atoms with Crippen LogP contribution in [0.5, 0.6) is 0 Å². The lowest BCUT2D eigenvalue weighted by molar-refractivity contribution is -0.0228. The molecule has 2 heteroatoms. The smallest absolute Gasteiger partial charge is 0.136 e. The molecule has 1 aliphatic heterocycles. The minimum Gasteiger partial charge on any atom is -0.300 e. The number of likely N-dealkylation sites (tertiary alicyclic amines) is 1. The highest BCUT2D eigenvalue weighted by Crippen LogP contribution is 2.28. The van der Waals surface area contributed by atoms with Gasteiger partial charge in [0.1, 0.15) is 5.67 Å². The van der Waals surface area contributed by atoms with Gasteiger partial charge in [-0.25, -0.2) is 4.39 Å². The third kappa shape index (κ3) is 1.69. The van der Waals surface area contributed by atoms with Crippen molar-refractivity contribution in [2.45, 2.75) is 31.9 Å². The SMILES string of the molecule is CCCCC1(F)CN(C)C1. The van der Waals surface area contributed by atoms with Gasteiger partial charge in [-0.1, -0.05) is 19.8 Å². The van der Waals surface area contributed by atoms with Crippen LogP contribution in [0.1, 0.15) is 26.2 Å². The minimum absolute atomic E-state index is 0.646. The van der Waals surface area contributed by atoms with Crippen LogP contribution in [0.3, 0.4) is 0 Å². The second-order valence-corrected chi connectivity index (χ2v) is 3.43. The molecule has 1 fully saturated rings. The van der Waals surface area contributed by atoms with Crippen molar-refractivity contribution in [3.63, 3.8) is 0 Å². The maximum absolute atomic E-state index is 13.3. The molecule has 60 valence electrons. The Labute approximate surface area is 62.2 Å². The highest BCUT2D eigenvalue weighted by Gasteiger charge is 2.40. The van der Waals surface area contributed by atoms with Gasteiger partial charge in [-0.05, 0) is 13.5 Å². The van der Waals surface area contributed by atoms with Gasteiger partial charge in [-0.2, -0.15) is 0 Å². The first-order valence-corrected chi connectivity index (χ1v) is 4.04. The lowest BCUT2D eigenvalue weighted by atomic mass is 9.91.